The summed E-state index contributed by atoms with van der Waals surface area (Å²) in [4.78, 5) is 2.28. The van der Waals surface area contributed by atoms with Gasteiger partial charge in [0.1, 0.15) is 0 Å². The molecule has 0 aromatic rings. The lowest BCUT2D eigenvalue weighted by atomic mass is 10.2. The van der Waals surface area contributed by atoms with E-state index in [1.165, 1.54) is 0 Å². The Kier molecular flexibility index (Phi) is 8.65. The zero-order valence-electron chi connectivity index (χ0n) is 9.45. The van der Waals surface area contributed by atoms with E-state index in [9.17, 15) is 0 Å². The van der Waals surface area contributed by atoms with E-state index >= 15 is 0 Å². The Morgan fingerprint density at radius 3 is 2.50 bits per heavy atom. The van der Waals surface area contributed by atoms with Crippen molar-refractivity contribution in [1.29, 1.82) is 0 Å². The molecule has 0 aliphatic heterocycles. The second-order valence-corrected chi connectivity index (χ2v) is 3.29. The van der Waals surface area contributed by atoms with Crippen LogP contribution in [0.25, 0.3) is 0 Å². The van der Waals surface area contributed by atoms with Gasteiger partial charge < -0.3 is 9.47 Å². The molecule has 0 saturated heterocycles. The lowest BCUT2D eigenvalue weighted by Crippen LogP contribution is -2.39. The van der Waals surface area contributed by atoms with Crippen molar-refractivity contribution in [3.8, 4) is 12.3 Å². The first-order chi connectivity index (χ1) is 6.76. The maximum Gasteiger partial charge on any atom is 0.0615 e. The fourth-order valence-electron chi connectivity index (χ4n) is 1.32. The van der Waals surface area contributed by atoms with Gasteiger partial charge in [0.25, 0.3) is 0 Å². The zero-order valence-corrected chi connectivity index (χ0v) is 9.45. The highest BCUT2D eigenvalue weighted by atomic mass is 16.5. The van der Waals surface area contributed by atoms with Crippen molar-refractivity contribution in [2.45, 2.75) is 19.4 Å². The molecule has 0 fully saturated rings. The van der Waals surface area contributed by atoms with Gasteiger partial charge in [-0.25, -0.2) is 0 Å². The monoisotopic (exact) mass is 199 g/mol. The van der Waals surface area contributed by atoms with Crippen LogP contribution in [0.4, 0.5) is 0 Å². The molecule has 0 saturated carbocycles. The molecule has 0 bridgehead atoms. The van der Waals surface area contributed by atoms with Gasteiger partial charge in [0, 0.05) is 39.8 Å². The van der Waals surface area contributed by atoms with E-state index < -0.39 is 0 Å². The molecule has 1 atom stereocenters. The summed E-state index contributed by atoms with van der Waals surface area (Å²) in [6.45, 7) is 5.41. The third-order valence-corrected chi connectivity index (χ3v) is 2.16. The molecule has 1 unspecified atom stereocenters. The first kappa shape index (κ1) is 13.4. The number of terminal acetylenes is 1. The third-order valence-electron chi connectivity index (χ3n) is 2.16. The molecule has 0 amide bonds. The summed E-state index contributed by atoms with van der Waals surface area (Å²) in [7, 11) is 3.42. The Balaban J connectivity index is 3.88. The van der Waals surface area contributed by atoms with Gasteiger partial charge in [-0.2, -0.15) is 0 Å². The van der Waals surface area contributed by atoms with E-state index in [0.717, 1.165) is 32.7 Å². The third kappa shape index (κ3) is 5.98. The lowest BCUT2D eigenvalue weighted by molar-refractivity contribution is 0.0766. The highest BCUT2D eigenvalue weighted by Crippen LogP contribution is 2.00. The predicted molar refractivity (Wildman–Crippen MR) is 58.2 cm³/mol. The number of ether oxygens (including phenoxy) is 2. The molecule has 3 nitrogen and oxygen atoms in total. The quantitative estimate of drug-likeness (QED) is 0.544. The van der Waals surface area contributed by atoms with Crippen molar-refractivity contribution in [3.63, 3.8) is 0 Å². The van der Waals surface area contributed by atoms with Crippen LogP contribution in [-0.4, -0.2) is 51.5 Å². The zero-order chi connectivity index (χ0) is 10.8. The molecule has 0 heterocycles. The van der Waals surface area contributed by atoms with E-state index in [2.05, 4.69) is 17.7 Å². The van der Waals surface area contributed by atoms with Crippen molar-refractivity contribution >= 4 is 0 Å². The fourth-order valence-corrected chi connectivity index (χ4v) is 1.32. The highest BCUT2D eigenvalue weighted by molar-refractivity contribution is 4.85. The Morgan fingerprint density at radius 1 is 1.29 bits per heavy atom. The van der Waals surface area contributed by atoms with Crippen LogP contribution < -0.4 is 0 Å². The van der Waals surface area contributed by atoms with Crippen LogP contribution in [0.1, 0.15) is 13.3 Å². The lowest BCUT2D eigenvalue weighted by Gasteiger charge is -2.27. The summed E-state index contributed by atoms with van der Waals surface area (Å²) >= 11 is 0. The van der Waals surface area contributed by atoms with E-state index in [4.69, 9.17) is 15.9 Å². The number of hydrogen-bond donors (Lipinski definition) is 0. The molecule has 0 radical (unpaired) electrons. The Hall–Kier alpha value is -0.560. The normalized spacial score (nSPS) is 12.8. The molecular formula is C11H21NO2. The van der Waals surface area contributed by atoms with Crippen molar-refractivity contribution in [2.75, 3.05) is 40.5 Å². The Bertz CT molecular complexity index is 165. The van der Waals surface area contributed by atoms with Gasteiger partial charge in [-0.05, 0) is 6.92 Å². The topological polar surface area (TPSA) is 21.7 Å². The molecule has 14 heavy (non-hydrogen) atoms. The van der Waals surface area contributed by atoms with Crippen LogP contribution in [-0.2, 0) is 9.47 Å². The van der Waals surface area contributed by atoms with Crippen LogP contribution in [0.15, 0.2) is 0 Å². The van der Waals surface area contributed by atoms with E-state index in [0.29, 0.717) is 6.04 Å². The van der Waals surface area contributed by atoms with Crippen molar-refractivity contribution in [3.05, 3.63) is 0 Å². The van der Waals surface area contributed by atoms with Crippen LogP contribution >= 0.6 is 0 Å². The fraction of sp³-hybridized carbons (Fsp3) is 0.818. The number of methoxy groups -OCH3 is 2. The van der Waals surface area contributed by atoms with Gasteiger partial charge in [0.2, 0.25) is 0 Å². The molecule has 0 aliphatic rings. The maximum atomic E-state index is 5.24. The molecule has 0 spiro atoms. The van der Waals surface area contributed by atoms with Gasteiger partial charge in [-0.1, -0.05) is 0 Å². The predicted octanol–water partition coefficient (Wildman–Crippen LogP) is 0.993. The molecule has 0 aliphatic carbocycles. The average molecular weight is 199 g/mol. The molecule has 0 aromatic heterocycles. The van der Waals surface area contributed by atoms with Gasteiger partial charge >= 0.3 is 0 Å². The maximum absolute atomic E-state index is 5.24. The first-order valence-corrected chi connectivity index (χ1v) is 4.91. The van der Waals surface area contributed by atoms with Gasteiger partial charge in [0.15, 0.2) is 0 Å². The summed E-state index contributed by atoms with van der Waals surface area (Å²) in [5.41, 5.74) is 0. The summed E-state index contributed by atoms with van der Waals surface area (Å²) < 4.78 is 10.2. The number of rotatable bonds is 8. The molecule has 0 N–H and O–H groups in total. The Morgan fingerprint density at radius 2 is 2.00 bits per heavy atom. The Labute approximate surface area is 87.4 Å². The molecule has 3 heteroatoms. The smallest absolute Gasteiger partial charge is 0.0615 e. The van der Waals surface area contributed by atoms with Crippen molar-refractivity contribution < 1.29 is 9.47 Å². The first-order valence-electron chi connectivity index (χ1n) is 4.91. The summed E-state index contributed by atoms with van der Waals surface area (Å²) in [5, 5.41) is 0. The largest absolute Gasteiger partial charge is 0.383 e. The van der Waals surface area contributed by atoms with Gasteiger partial charge in [-0.15, -0.1) is 12.3 Å². The SMILES string of the molecule is C#CCCN(CCOC)C(C)COC. The van der Waals surface area contributed by atoms with Crippen LogP contribution in [0.5, 0.6) is 0 Å². The standard InChI is InChI=1S/C11H21NO2/c1-5-6-7-12(8-9-13-3)11(2)10-14-4/h1,11H,6-10H2,2-4H3. The molecule has 0 rings (SSSR count). The molecule has 82 valence electrons. The average Bonchev–Trinajstić information content (AvgIpc) is 2.18. The number of nitrogens with zero attached hydrogens (tertiary/aromatic N) is 1. The van der Waals surface area contributed by atoms with Gasteiger partial charge in [0.05, 0.1) is 13.2 Å². The molecular weight excluding hydrogens is 178 g/mol. The second-order valence-electron chi connectivity index (χ2n) is 3.29. The summed E-state index contributed by atoms with van der Waals surface area (Å²) in [6, 6.07) is 0.392. The van der Waals surface area contributed by atoms with Crippen LogP contribution in [0.2, 0.25) is 0 Å². The highest BCUT2D eigenvalue weighted by Gasteiger charge is 2.12. The minimum Gasteiger partial charge on any atom is -0.383 e. The van der Waals surface area contributed by atoms with Crippen LogP contribution in [0, 0.1) is 12.3 Å². The van der Waals surface area contributed by atoms with E-state index in [-0.39, 0.29) is 0 Å². The van der Waals surface area contributed by atoms with Crippen molar-refractivity contribution in [1.82, 2.24) is 4.90 Å². The summed E-state index contributed by atoms with van der Waals surface area (Å²) in [6.07, 6.45) is 6.02. The molecule has 0 aromatic carbocycles. The van der Waals surface area contributed by atoms with Crippen molar-refractivity contribution in [2.24, 2.45) is 0 Å². The second kappa shape index (κ2) is 9.01. The van der Waals surface area contributed by atoms with Gasteiger partial charge in [-0.3, -0.25) is 4.90 Å². The number of hydrogen-bond acceptors (Lipinski definition) is 3. The van der Waals surface area contributed by atoms with Crippen LogP contribution in [0.3, 0.4) is 0 Å². The minimum atomic E-state index is 0.392. The minimum absolute atomic E-state index is 0.392. The van der Waals surface area contributed by atoms with E-state index in [1.807, 2.05) is 0 Å². The van der Waals surface area contributed by atoms with E-state index in [1.54, 1.807) is 14.2 Å². The summed E-state index contributed by atoms with van der Waals surface area (Å²) in [5.74, 6) is 2.65.